The molecule has 6 nitrogen and oxygen atoms in total. The molecular formula is C18H24N2O4. The van der Waals surface area contributed by atoms with E-state index in [1.807, 2.05) is 30.3 Å². The number of rotatable bonds is 7. The number of amides is 2. The molecule has 0 aliphatic carbocycles. The second-order valence-electron chi connectivity index (χ2n) is 5.79. The van der Waals surface area contributed by atoms with Crippen molar-refractivity contribution in [2.75, 3.05) is 13.2 Å². The molecule has 1 aliphatic heterocycles. The third-order valence-corrected chi connectivity index (χ3v) is 4.08. The van der Waals surface area contributed by atoms with Gasteiger partial charge in [0.2, 0.25) is 5.91 Å². The van der Waals surface area contributed by atoms with Crippen molar-refractivity contribution in [2.24, 2.45) is 0 Å². The summed E-state index contributed by atoms with van der Waals surface area (Å²) in [6.07, 6.45) is 2.90. The Bertz CT molecular complexity index is 561. The lowest BCUT2D eigenvalue weighted by atomic mass is 10.1. The van der Waals surface area contributed by atoms with Gasteiger partial charge in [-0.1, -0.05) is 36.4 Å². The summed E-state index contributed by atoms with van der Waals surface area (Å²) in [5, 5.41) is 12.0. The van der Waals surface area contributed by atoms with Crippen molar-refractivity contribution in [1.82, 2.24) is 10.2 Å². The van der Waals surface area contributed by atoms with Crippen molar-refractivity contribution in [3.05, 3.63) is 48.6 Å². The number of carbonyl (C=O) groups is 2. The molecule has 2 atom stereocenters. The van der Waals surface area contributed by atoms with E-state index in [-0.39, 0.29) is 25.2 Å². The first-order valence-corrected chi connectivity index (χ1v) is 8.15. The van der Waals surface area contributed by atoms with Gasteiger partial charge in [0.1, 0.15) is 12.6 Å². The third-order valence-electron chi connectivity index (χ3n) is 4.08. The van der Waals surface area contributed by atoms with Gasteiger partial charge in [0, 0.05) is 6.54 Å². The van der Waals surface area contributed by atoms with Gasteiger partial charge in [0.25, 0.3) is 0 Å². The van der Waals surface area contributed by atoms with Crippen LogP contribution in [0.25, 0.3) is 0 Å². The number of nitrogens with one attached hydrogen (secondary N) is 1. The Morgan fingerprint density at radius 3 is 2.83 bits per heavy atom. The minimum atomic E-state index is -0.724. The smallest absolute Gasteiger partial charge is 0.408 e. The van der Waals surface area contributed by atoms with Crippen molar-refractivity contribution in [1.29, 1.82) is 0 Å². The van der Waals surface area contributed by atoms with Gasteiger partial charge in [-0.3, -0.25) is 4.79 Å². The monoisotopic (exact) mass is 332 g/mol. The molecule has 1 heterocycles. The Morgan fingerprint density at radius 2 is 2.17 bits per heavy atom. The van der Waals surface area contributed by atoms with Crippen LogP contribution in [0.2, 0.25) is 0 Å². The summed E-state index contributed by atoms with van der Waals surface area (Å²) in [5.41, 5.74) is 0.874. The first kappa shape index (κ1) is 18.0. The van der Waals surface area contributed by atoms with Gasteiger partial charge in [0.05, 0.1) is 12.6 Å². The zero-order chi connectivity index (χ0) is 17.4. The number of alkyl carbamates (subject to hydrolysis) is 1. The van der Waals surface area contributed by atoms with Crippen molar-refractivity contribution in [3.63, 3.8) is 0 Å². The predicted octanol–water partition coefficient (Wildman–Crippen LogP) is 1.84. The number of ether oxygens (including phenoxy) is 1. The van der Waals surface area contributed by atoms with Crippen LogP contribution in [-0.2, 0) is 16.1 Å². The normalized spacial score (nSPS) is 18.0. The molecule has 0 unspecified atom stereocenters. The van der Waals surface area contributed by atoms with Crippen LogP contribution in [0.15, 0.2) is 43.0 Å². The lowest BCUT2D eigenvalue weighted by molar-refractivity contribution is -0.134. The Labute approximate surface area is 142 Å². The highest BCUT2D eigenvalue weighted by molar-refractivity contribution is 5.86. The van der Waals surface area contributed by atoms with E-state index < -0.39 is 12.1 Å². The number of hydrogen-bond donors (Lipinski definition) is 2. The number of aliphatic hydroxyl groups excluding tert-OH is 1. The summed E-state index contributed by atoms with van der Waals surface area (Å²) in [7, 11) is 0. The van der Waals surface area contributed by atoms with E-state index in [9.17, 15) is 14.7 Å². The van der Waals surface area contributed by atoms with E-state index in [1.165, 1.54) is 0 Å². The van der Waals surface area contributed by atoms with Gasteiger partial charge in [-0.15, -0.1) is 6.58 Å². The van der Waals surface area contributed by atoms with E-state index in [0.29, 0.717) is 13.0 Å². The van der Waals surface area contributed by atoms with Crippen LogP contribution in [-0.4, -0.2) is 47.2 Å². The lowest BCUT2D eigenvalue weighted by Crippen LogP contribution is -2.50. The van der Waals surface area contributed by atoms with Crippen LogP contribution >= 0.6 is 0 Å². The quantitative estimate of drug-likeness (QED) is 0.747. The largest absolute Gasteiger partial charge is 0.445 e. The maximum Gasteiger partial charge on any atom is 0.408 e. The Kier molecular flexibility index (Phi) is 6.81. The van der Waals surface area contributed by atoms with Crippen molar-refractivity contribution in [2.45, 2.75) is 38.0 Å². The predicted molar refractivity (Wildman–Crippen MR) is 90.2 cm³/mol. The minimum Gasteiger partial charge on any atom is -0.445 e. The maximum atomic E-state index is 12.6. The molecule has 1 saturated heterocycles. The van der Waals surface area contributed by atoms with Gasteiger partial charge < -0.3 is 20.1 Å². The first-order chi connectivity index (χ1) is 11.7. The van der Waals surface area contributed by atoms with E-state index in [2.05, 4.69) is 11.9 Å². The molecule has 1 aromatic carbocycles. The number of aliphatic hydroxyl groups is 1. The number of hydrogen-bond acceptors (Lipinski definition) is 4. The fraction of sp³-hybridized carbons (Fsp3) is 0.444. The molecule has 0 spiro atoms. The van der Waals surface area contributed by atoms with E-state index in [1.54, 1.807) is 11.0 Å². The fourth-order valence-corrected chi connectivity index (χ4v) is 2.81. The molecule has 130 valence electrons. The molecule has 2 amide bonds. The maximum absolute atomic E-state index is 12.6. The van der Waals surface area contributed by atoms with Crippen LogP contribution in [0.5, 0.6) is 0 Å². The van der Waals surface area contributed by atoms with Crippen LogP contribution in [0.3, 0.4) is 0 Å². The Morgan fingerprint density at radius 1 is 1.42 bits per heavy atom. The van der Waals surface area contributed by atoms with E-state index in [4.69, 9.17) is 4.74 Å². The zero-order valence-electron chi connectivity index (χ0n) is 13.7. The first-order valence-electron chi connectivity index (χ1n) is 8.15. The molecule has 0 radical (unpaired) electrons. The van der Waals surface area contributed by atoms with E-state index in [0.717, 1.165) is 18.4 Å². The molecular weight excluding hydrogens is 308 g/mol. The third kappa shape index (κ3) is 4.83. The molecule has 6 heteroatoms. The molecule has 0 bridgehead atoms. The summed E-state index contributed by atoms with van der Waals surface area (Å²) in [5.74, 6) is -0.205. The average Bonchev–Trinajstić information content (AvgIpc) is 3.08. The molecule has 24 heavy (non-hydrogen) atoms. The van der Waals surface area contributed by atoms with Crippen LogP contribution in [0.1, 0.15) is 24.8 Å². The van der Waals surface area contributed by atoms with Gasteiger partial charge in [-0.2, -0.15) is 0 Å². The summed E-state index contributed by atoms with van der Waals surface area (Å²) in [6, 6.07) is 8.43. The van der Waals surface area contributed by atoms with E-state index >= 15 is 0 Å². The molecule has 1 aliphatic rings. The molecule has 0 aromatic heterocycles. The number of likely N-dealkylation sites (tertiary alicyclic amines) is 1. The lowest BCUT2D eigenvalue weighted by Gasteiger charge is -2.27. The minimum absolute atomic E-state index is 0.0645. The van der Waals surface area contributed by atoms with Crippen LogP contribution < -0.4 is 5.32 Å². The van der Waals surface area contributed by atoms with Gasteiger partial charge in [-0.05, 0) is 24.8 Å². The van der Waals surface area contributed by atoms with Gasteiger partial charge in [0.15, 0.2) is 0 Å². The molecule has 2 N–H and O–H groups in total. The van der Waals surface area contributed by atoms with Crippen molar-refractivity contribution >= 4 is 12.0 Å². The van der Waals surface area contributed by atoms with Crippen molar-refractivity contribution in [3.8, 4) is 0 Å². The highest BCUT2D eigenvalue weighted by Crippen LogP contribution is 2.18. The average molecular weight is 332 g/mol. The Balaban J connectivity index is 1.91. The standard InChI is InChI=1S/C18H24N2O4/c1-2-7-16(17(22)20-11-6-10-15(20)12-21)19-18(23)24-13-14-8-4-3-5-9-14/h2-5,8-9,15-16,21H,1,6-7,10-13H2,(H,19,23)/t15-,16-/m0/s1. The summed E-state index contributed by atoms with van der Waals surface area (Å²) in [6.45, 7) is 4.31. The van der Waals surface area contributed by atoms with Gasteiger partial charge in [-0.25, -0.2) is 4.79 Å². The van der Waals surface area contributed by atoms with Crippen molar-refractivity contribution < 1.29 is 19.4 Å². The Hall–Kier alpha value is -2.34. The fourth-order valence-electron chi connectivity index (χ4n) is 2.81. The summed E-state index contributed by atoms with van der Waals surface area (Å²) < 4.78 is 5.17. The SMILES string of the molecule is C=CC[C@H](NC(=O)OCc1ccccc1)C(=O)N1CCC[C@H]1CO. The zero-order valence-corrected chi connectivity index (χ0v) is 13.7. The molecule has 1 fully saturated rings. The highest BCUT2D eigenvalue weighted by Gasteiger charge is 2.33. The summed E-state index contributed by atoms with van der Waals surface area (Å²) >= 11 is 0. The van der Waals surface area contributed by atoms with Crippen LogP contribution in [0, 0.1) is 0 Å². The van der Waals surface area contributed by atoms with Gasteiger partial charge >= 0.3 is 6.09 Å². The topological polar surface area (TPSA) is 78.9 Å². The summed E-state index contributed by atoms with van der Waals surface area (Å²) in [4.78, 5) is 26.2. The second kappa shape index (κ2) is 9.08. The molecule has 1 aromatic rings. The highest BCUT2D eigenvalue weighted by atomic mass is 16.5. The number of nitrogens with zero attached hydrogens (tertiary/aromatic N) is 1. The molecule has 0 saturated carbocycles. The molecule has 2 rings (SSSR count). The second-order valence-corrected chi connectivity index (χ2v) is 5.79. The number of benzene rings is 1. The number of carbonyl (C=O) groups excluding carboxylic acids is 2. The van der Waals surface area contributed by atoms with Crippen LogP contribution in [0.4, 0.5) is 4.79 Å².